The van der Waals surface area contributed by atoms with Crippen LogP contribution in [0, 0.1) is 10.1 Å². The number of nitrogens with one attached hydrogen (secondary N) is 2. The first-order valence-corrected chi connectivity index (χ1v) is 8.32. The van der Waals surface area contributed by atoms with E-state index in [2.05, 4.69) is 15.6 Å². The molecular formula is C20H18N4O3. The van der Waals surface area contributed by atoms with Crippen molar-refractivity contribution in [1.82, 2.24) is 10.3 Å². The van der Waals surface area contributed by atoms with Crippen molar-refractivity contribution in [1.29, 1.82) is 0 Å². The maximum absolute atomic E-state index is 11.7. The molecule has 27 heavy (non-hydrogen) atoms. The molecule has 2 aromatic carbocycles. The Morgan fingerprint density at radius 2 is 1.89 bits per heavy atom. The van der Waals surface area contributed by atoms with E-state index in [0.29, 0.717) is 12.2 Å². The molecule has 3 aromatic rings. The molecule has 1 heterocycles. The van der Waals surface area contributed by atoms with Gasteiger partial charge in [-0.15, -0.1) is 0 Å². The first-order valence-electron chi connectivity index (χ1n) is 8.32. The fourth-order valence-electron chi connectivity index (χ4n) is 2.66. The SMILES string of the molecule is CNC(=O)c1ccc(NCc2ccc(-c3cccnc3)cc2)c([N+](=O)[O-])c1. The van der Waals surface area contributed by atoms with Crippen molar-refractivity contribution < 1.29 is 9.72 Å². The Hall–Kier alpha value is -3.74. The van der Waals surface area contributed by atoms with Crippen LogP contribution in [0.5, 0.6) is 0 Å². The lowest BCUT2D eigenvalue weighted by molar-refractivity contribution is -0.384. The fourth-order valence-corrected chi connectivity index (χ4v) is 2.66. The van der Waals surface area contributed by atoms with Crippen LogP contribution in [0.4, 0.5) is 11.4 Å². The Morgan fingerprint density at radius 1 is 1.11 bits per heavy atom. The van der Waals surface area contributed by atoms with Crippen LogP contribution < -0.4 is 10.6 Å². The number of hydrogen-bond acceptors (Lipinski definition) is 5. The second kappa shape index (κ2) is 8.09. The van der Waals surface area contributed by atoms with Gasteiger partial charge in [-0.3, -0.25) is 19.9 Å². The lowest BCUT2D eigenvalue weighted by Crippen LogP contribution is -2.18. The second-order valence-corrected chi connectivity index (χ2v) is 5.86. The number of anilines is 1. The highest BCUT2D eigenvalue weighted by atomic mass is 16.6. The van der Waals surface area contributed by atoms with Gasteiger partial charge in [-0.25, -0.2) is 0 Å². The van der Waals surface area contributed by atoms with Crippen LogP contribution in [0.25, 0.3) is 11.1 Å². The summed E-state index contributed by atoms with van der Waals surface area (Å²) in [6.07, 6.45) is 3.52. The third-order valence-electron chi connectivity index (χ3n) is 4.12. The van der Waals surface area contributed by atoms with E-state index in [-0.39, 0.29) is 17.2 Å². The predicted molar refractivity (Wildman–Crippen MR) is 103 cm³/mol. The quantitative estimate of drug-likeness (QED) is 0.515. The number of carbonyl (C=O) groups is 1. The van der Waals surface area contributed by atoms with Gasteiger partial charge in [-0.2, -0.15) is 0 Å². The Bertz CT molecular complexity index is 957. The van der Waals surface area contributed by atoms with Gasteiger partial charge in [0.1, 0.15) is 5.69 Å². The number of nitrogens with zero attached hydrogens (tertiary/aromatic N) is 2. The van der Waals surface area contributed by atoms with E-state index < -0.39 is 4.92 Å². The molecular weight excluding hydrogens is 344 g/mol. The van der Waals surface area contributed by atoms with Crippen LogP contribution in [0.2, 0.25) is 0 Å². The van der Waals surface area contributed by atoms with Crippen molar-refractivity contribution in [2.75, 3.05) is 12.4 Å². The summed E-state index contributed by atoms with van der Waals surface area (Å²) in [5, 5.41) is 16.9. The average molecular weight is 362 g/mol. The van der Waals surface area contributed by atoms with Gasteiger partial charge in [0.2, 0.25) is 0 Å². The molecule has 0 aliphatic rings. The Kier molecular flexibility index (Phi) is 5.41. The molecule has 0 fully saturated rings. The number of benzene rings is 2. The van der Waals surface area contributed by atoms with Crippen LogP contribution in [0.15, 0.2) is 67.0 Å². The molecule has 7 nitrogen and oxygen atoms in total. The zero-order valence-corrected chi connectivity index (χ0v) is 14.7. The first kappa shape index (κ1) is 18.1. The summed E-state index contributed by atoms with van der Waals surface area (Å²) in [4.78, 5) is 26.6. The number of rotatable bonds is 6. The number of nitro groups is 1. The highest BCUT2D eigenvalue weighted by molar-refractivity contribution is 5.95. The van der Waals surface area contributed by atoms with Gasteiger partial charge in [0.25, 0.3) is 11.6 Å². The van der Waals surface area contributed by atoms with Crippen molar-refractivity contribution in [2.45, 2.75) is 6.54 Å². The summed E-state index contributed by atoms with van der Waals surface area (Å²) in [6, 6.07) is 16.1. The summed E-state index contributed by atoms with van der Waals surface area (Å²) in [5.41, 5.74) is 3.53. The van der Waals surface area contributed by atoms with Crippen molar-refractivity contribution in [3.8, 4) is 11.1 Å². The number of amides is 1. The lowest BCUT2D eigenvalue weighted by atomic mass is 10.1. The molecule has 0 spiro atoms. The zero-order chi connectivity index (χ0) is 19.2. The number of hydrogen-bond donors (Lipinski definition) is 2. The minimum absolute atomic E-state index is 0.136. The third kappa shape index (κ3) is 4.27. The van der Waals surface area contributed by atoms with E-state index in [1.165, 1.54) is 13.1 Å². The van der Waals surface area contributed by atoms with Crippen molar-refractivity contribution >= 4 is 17.3 Å². The van der Waals surface area contributed by atoms with E-state index in [1.54, 1.807) is 24.5 Å². The Labute approximate surface area is 156 Å². The maximum atomic E-state index is 11.7. The molecule has 0 saturated carbocycles. The van der Waals surface area contributed by atoms with E-state index in [9.17, 15) is 14.9 Å². The van der Waals surface area contributed by atoms with Gasteiger partial charge in [-0.1, -0.05) is 30.3 Å². The number of nitro benzene ring substituents is 1. The topological polar surface area (TPSA) is 97.2 Å². The molecule has 1 aromatic heterocycles. The average Bonchev–Trinajstić information content (AvgIpc) is 2.72. The molecule has 0 saturated heterocycles. The van der Waals surface area contributed by atoms with Crippen molar-refractivity contribution in [2.24, 2.45) is 0 Å². The first-order chi connectivity index (χ1) is 13.1. The molecule has 0 bridgehead atoms. The van der Waals surface area contributed by atoms with Gasteiger partial charge >= 0.3 is 0 Å². The second-order valence-electron chi connectivity index (χ2n) is 5.86. The molecule has 1 amide bonds. The standard InChI is InChI=1S/C20H18N4O3/c1-21-20(25)16-8-9-18(19(11-16)24(26)27)23-12-14-4-6-15(7-5-14)17-3-2-10-22-13-17/h2-11,13,23H,12H2,1H3,(H,21,25). The largest absolute Gasteiger partial charge is 0.375 e. The van der Waals surface area contributed by atoms with E-state index >= 15 is 0 Å². The van der Waals surface area contributed by atoms with E-state index in [1.807, 2.05) is 36.4 Å². The summed E-state index contributed by atoms with van der Waals surface area (Å²) < 4.78 is 0. The molecule has 2 N–H and O–H groups in total. The van der Waals surface area contributed by atoms with E-state index in [0.717, 1.165) is 16.7 Å². The van der Waals surface area contributed by atoms with Gasteiger partial charge in [-0.05, 0) is 34.9 Å². The number of pyridine rings is 1. The minimum Gasteiger partial charge on any atom is -0.375 e. The molecule has 0 unspecified atom stereocenters. The number of carbonyl (C=O) groups excluding carboxylic acids is 1. The Morgan fingerprint density at radius 3 is 2.52 bits per heavy atom. The normalized spacial score (nSPS) is 10.3. The van der Waals surface area contributed by atoms with Crippen molar-refractivity contribution in [3.63, 3.8) is 0 Å². The fraction of sp³-hybridized carbons (Fsp3) is 0.100. The van der Waals surface area contributed by atoms with Gasteiger partial charge in [0.05, 0.1) is 4.92 Å². The molecule has 3 rings (SSSR count). The maximum Gasteiger partial charge on any atom is 0.293 e. The minimum atomic E-state index is -0.500. The zero-order valence-electron chi connectivity index (χ0n) is 14.7. The highest BCUT2D eigenvalue weighted by Gasteiger charge is 2.17. The molecule has 0 aliphatic heterocycles. The molecule has 136 valence electrons. The summed E-state index contributed by atoms with van der Waals surface area (Å²) in [6.45, 7) is 0.424. The lowest BCUT2D eigenvalue weighted by Gasteiger charge is -2.09. The molecule has 0 aliphatic carbocycles. The third-order valence-corrected chi connectivity index (χ3v) is 4.12. The summed E-state index contributed by atoms with van der Waals surface area (Å²) >= 11 is 0. The summed E-state index contributed by atoms with van der Waals surface area (Å²) in [7, 11) is 1.48. The van der Waals surface area contributed by atoms with Crippen LogP contribution in [-0.4, -0.2) is 22.9 Å². The van der Waals surface area contributed by atoms with Gasteiger partial charge < -0.3 is 10.6 Å². The summed E-state index contributed by atoms with van der Waals surface area (Å²) in [5.74, 6) is -0.365. The van der Waals surface area contributed by atoms with Crippen molar-refractivity contribution in [3.05, 3.63) is 88.2 Å². The molecule has 0 atom stereocenters. The van der Waals surface area contributed by atoms with Crippen LogP contribution in [0.3, 0.4) is 0 Å². The predicted octanol–water partition coefficient (Wildman–Crippen LogP) is 3.63. The van der Waals surface area contributed by atoms with Crippen LogP contribution >= 0.6 is 0 Å². The smallest absolute Gasteiger partial charge is 0.293 e. The van der Waals surface area contributed by atoms with E-state index in [4.69, 9.17) is 0 Å². The molecule has 0 radical (unpaired) electrons. The number of aromatic nitrogens is 1. The highest BCUT2D eigenvalue weighted by Crippen LogP contribution is 2.26. The van der Waals surface area contributed by atoms with Crippen LogP contribution in [-0.2, 0) is 6.54 Å². The Balaban J connectivity index is 1.74. The molecule has 7 heteroatoms. The van der Waals surface area contributed by atoms with Gasteiger partial charge in [0, 0.05) is 37.6 Å². The van der Waals surface area contributed by atoms with Crippen LogP contribution in [0.1, 0.15) is 15.9 Å². The monoisotopic (exact) mass is 362 g/mol. The van der Waals surface area contributed by atoms with Gasteiger partial charge in [0.15, 0.2) is 0 Å².